The van der Waals surface area contributed by atoms with E-state index in [1.54, 1.807) is 19.2 Å². The van der Waals surface area contributed by atoms with E-state index in [-0.39, 0.29) is 5.69 Å². The van der Waals surface area contributed by atoms with E-state index in [9.17, 15) is 10.1 Å². The lowest BCUT2D eigenvalue weighted by Gasteiger charge is -2.12. The molecule has 2 aromatic carbocycles. The van der Waals surface area contributed by atoms with E-state index >= 15 is 0 Å². The lowest BCUT2D eigenvalue weighted by Crippen LogP contribution is -2.39. The van der Waals surface area contributed by atoms with Crippen LogP contribution in [-0.2, 0) is 17.7 Å². The van der Waals surface area contributed by atoms with Crippen molar-refractivity contribution in [3.63, 3.8) is 0 Å². The standard InChI is InChI=1S/C20H26N4O3/c1-27-15-14-22-20(21-13-5-8-17-6-3-2-4-7-17)23-16-18-9-11-19(12-10-18)24(25)26/h2-4,6-7,9-12H,5,8,13-16H2,1H3,(H2,21,22,23). The monoisotopic (exact) mass is 370 g/mol. The van der Waals surface area contributed by atoms with Crippen LogP contribution in [0.2, 0.25) is 0 Å². The predicted molar refractivity (Wildman–Crippen MR) is 107 cm³/mol. The number of hydrogen-bond acceptors (Lipinski definition) is 4. The zero-order valence-electron chi connectivity index (χ0n) is 15.6. The van der Waals surface area contributed by atoms with E-state index < -0.39 is 4.92 Å². The van der Waals surface area contributed by atoms with Gasteiger partial charge in [0, 0.05) is 32.3 Å². The predicted octanol–water partition coefficient (Wildman–Crippen LogP) is 2.91. The number of nitro benzene ring substituents is 1. The molecule has 0 spiro atoms. The number of aryl methyl sites for hydroxylation is 1. The highest BCUT2D eigenvalue weighted by molar-refractivity contribution is 5.79. The molecule has 7 nitrogen and oxygen atoms in total. The van der Waals surface area contributed by atoms with Crippen LogP contribution in [0.1, 0.15) is 17.5 Å². The highest BCUT2D eigenvalue weighted by atomic mass is 16.6. The minimum Gasteiger partial charge on any atom is -0.383 e. The Balaban J connectivity index is 1.85. The topological polar surface area (TPSA) is 88.8 Å². The van der Waals surface area contributed by atoms with Gasteiger partial charge in [0.05, 0.1) is 18.1 Å². The normalized spacial score (nSPS) is 11.2. The van der Waals surface area contributed by atoms with Crippen molar-refractivity contribution in [2.24, 2.45) is 4.99 Å². The molecule has 2 N–H and O–H groups in total. The maximum Gasteiger partial charge on any atom is 0.269 e. The zero-order valence-corrected chi connectivity index (χ0v) is 15.6. The van der Waals surface area contributed by atoms with Gasteiger partial charge in [0.1, 0.15) is 0 Å². The fraction of sp³-hybridized carbons (Fsp3) is 0.350. The third-order valence-corrected chi connectivity index (χ3v) is 3.94. The Labute approximate surface area is 159 Å². The molecule has 0 saturated heterocycles. The summed E-state index contributed by atoms with van der Waals surface area (Å²) >= 11 is 0. The van der Waals surface area contributed by atoms with Crippen molar-refractivity contribution < 1.29 is 9.66 Å². The minimum atomic E-state index is -0.404. The molecule has 0 radical (unpaired) electrons. The molecule has 0 aliphatic rings. The first kappa shape index (κ1) is 20.4. The summed E-state index contributed by atoms with van der Waals surface area (Å²) < 4.78 is 5.06. The molecule has 0 unspecified atom stereocenters. The van der Waals surface area contributed by atoms with Gasteiger partial charge in [-0.25, -0.2) is 4.99 Å². The first-order valence-electron chi connectivity index (χ1n) is 8.97. The molecule has 0 aromatic heterocycles. The fourth-order valence-electron chi connectivity index (χ4n) is 2.48. The molecule has 0 bridgehead atoms. The number of non-ortho nitro benzene ring substituents is 1. The number of nitrogens with zero attached hydrogens (tertiary/aromatic N) is 2. The van der Waals surface area contributed by atoms with Gasteiger partial charge in [0.2, 0.25) is 0 Å². The molecule has 27 heavy (non-hydrogen) atoms. The number of hydrogen-bond donors (Lipinski definition) is 2. The molecular formula is C20H26N4O3. The summed E-state index contributed by atoms with van der Waals surface area (Å²) in [6, 6.07) is 16.8. The van der Waals surface area contributed by atoms with Crippen molar-refractivity contribution in [3.8, 4) is 0 Å². The fourth-order valence-corrected chi connectivity index (χ4v) is 2.48. The van der Waals surface area contributed by atoms with Crippen LogP contribution in [-0.4, -0.2) is 37.7 Å². The zero-order chi connectivity index (χ0) is 19.3. The van der Waals surface area contributed by atoms with Gasteiger partial charge >= 0.3 is 0 Å². The van der Waals surface area contributed by atoms with E-state index in [0.717, 1.165) is 24.9 Å². The van der Waals surface area contributed by atoms with Gasteiger partial charge in [-0.15, -0.1) is 0 Å². The molecule has 0 amide bonds. The Hall–Kier alpha value is -2.93. The second-order valence-corrected chi connectivity index (χ2v) is 6.02. The van der Waals surface area contributed by atoms with Crippen molar-refractivity contribution >= 4 is 11.6 Å². The molecule has 7 heteroatoms. The molecule has 2 aromatic rings. The second kappa shape index (κ2) is 11.6. The average molecular weight is 370 g/mol. The highest BCUT2D eigenvalue weighted by Gasteiger charge is 2.04. The summed E-state index contributed by atoms with van der Waals surface area (Å²) in [6.45, 7) is 2.48. The van der Waals surface area contributed by atoms with E-state index in [4.69, 9.17) is 4.74 Å². The minimum absolute atomic E-state index is 0.0835. The molecule has 144 valence electrons. The highest BCUT2D eigenvalue weighted by Crippen LogP contribution is 2.12. The van der Waals surface area contributed by atoms with Gasteiger partial charge in [-0.05, 0) is 24.0 Å². The second-order valence-electron chi connectivity index (χ2n) is 6.02. The van der Waals surface area contributed by atoms with Crippen molar-refractivity contribution in [2.75, 3.05) is 26.8 Å². The van der Waals surface area contributed by atoms with Crippen LogP contribution in [0, 0.1) is 10.1 Å². The van der Waals surface area contributed by atoms with Crippen LogP contribution in [0.15, 0.2) is 59.6 Å². The number of nitro groups is 1. The van der Waals surface area contributed by atoms with Crippen molar-refractivity contribution in [1.82, 2.24) is 10.6 Å². The van der Waals surface area contributed by atoms with E-state index in [0.29, 0.717) is 25.7 Å². The van der Waals surface area contributed by atoms with Gasteiger partial charge in [-0.3, -0.25) is 10.1 Å². The summed E-state index contributed by atoms with van der Waals surface area (Å²) in [6.07, 6.45) is 1.99. The number of nitrogens with one attached hydrogen (secondary N) is 2. The summed E-state index contributed by atoms with van der Waals surface area (Å²) in [5, 5.41) is 17.3. The molecular weight excluding hydrogens is 344 g/mol. The van der Waals surface area contributed by atoms with E-state index in [1.807, 2.05) is 18.2 Å². The molecule has 0 aliphatic carbocycles. The molecule has 0 aliphatic heterocycles. The van der Waals surface area contributed by atoms with Crippen LogP contribution in [0.5, 0.6) is 0 Å². The van der Waals surface area contributed by atoms with Crippen molar-refractivity contribution in [1.29, 1.82) is 0 Å². The Morgan fingerprint density at radius 2 is 1.74 bits per heavy atom. The molecule has 0 fully saturated rings. The van der Waals surface area contributed by atoms with Crippen LogP contribution in [0.4, 0.5) is 5.69 Å². The van der Waals surface area contributed by atoms with Crippen LogP contribution < -0.4 is 10.6 Å². The van der Waals surface area contributed by atoms with Crippen LogP contribution in [0.25, 0.3) is 0 Å². The first-order chi connectivity index (χ1) is 13.2. The Morgan fingerprint density at radius 3 is 2.41 bits per heavy atom. The van der Waals surface area contributed by atoms with Crippen LogP contribution in [0.3, 0.4) is 0 Å². The lowest BCUT2D eigenvalue weighted by atomic mass is 10.1. The van der Waals surface area contributed by atoms with Crippen molar-refractivity contribution in [2.45, 2.75) is 19.4 Å². The third kappa shape index (κ3) is 7.87. The largest absolute Gasteiger partial charge is 0.383 e. The summed E-state index contributed by atoms with van der Waals surface area (Å²) in [5.41, 5.74) is 2.31. The smallest absolute Gasteiger partial charge is 0.269 e. The molecule has 0 atom stereocenters. The lowest BCUT2D eigenvalue weighted by molar-refractivity contribution is -0.384. The van der Waals surface area contributed by atoms with Gasteiger partial charge in [-0.1, -0.05) is 42.5 Å². The number of rotatable bonds is 10. The van der Waals surface area contributed by atoms with E-state index in [2.05, 4.69) is 27.8 Å². The number of aliphatic imine (C=N–C) groups is 1. The maximum atomic E-state index is 10.7. The van der Waals surface area contributed by atoms with Gasteiger partial charge < -0.3 is 15.4 Å². The quantitative estimate of drug-likeness (QED) is 0.221. The molecule has 0 saturated carbocycles. The number of benzene rings is 2. The Morgan fingerprint density at radius 1 is 1.04 bits per heavy atom. The summed E-state index contributed by atoms with van der Waals surface area (Å²) in [7, 11) is 1.66. The Bertz CT molecular complexity index is 718. The summed E-state index contributed by atoms with van der Waals surface area (Å²) in [5.74, 6) is 0.707. The van der Waals surface area contributed by atoms with E-state index in [1.165, 1.54) is 17.7 Å². The summed E-state index contributed by atoms with van der Waals surface area (Å²) in [4.78, 5) is 14.9. The van der Waals surface area contributed by atoms with Gasteiger partial charge in [0.15, 0.2) is 5.96 Å². The average Bonchev–Trinajstić information content (AvgIpc) is 2.70. The number of guanidine groups is 1. The number of ether oxygens (including phenoxy) is 1. The van der Waals surface area contributed by atoms with Crippen molar-refractivity contribution in [3.05, 3.63) is 75.8 Å². The number of methoxy groups -OCH3 is 1. The molecule has 0 heterocycles. The first-order valence-corrected chi connectivity index (χ1v) is 8.97. The maximum absolute atomic E-state index is 10.7. The van der Waals surface area contributed by atoms with Crippen LogP contribution >= 0.6 is 0 Å². The van der Waals surface area contributed by atoms with Gasteiger partial charge in [-0.2, -0.15) is 0 Å². The van der Waals surface area contributed by atoms with Gasteiger partial charge in [0.25, 0.3) is 5.69 Å². The Kier molecular flexibility index (Phi) is 8.79. The SMILES string of the molecule is COCCNC(=NCc1ccc([N+](=O)[O-])cc1)NCCCc1ccccc1. The molecule has 2 rings (SSSR count). The third-order valence-electron chi connectivity index (χ3n) is 3.94.